The summed E-state index contributed by atoms with van der Waals surface area (Å²) < 4.78 is 0. The van der Waals surface area contributed by atoms with Crippen LogP contribution in [0.4, 0.5) is 5.69 Å². The van der Waals surface area contributed by atoms with Crippen LogP contribution in [-0.2, 0) is 0 Å². The molecule has 0 unspecified atom stereocenters. The third-order valence-electron chi connectivity index (χ3n) is 1.36. The van der Waals surface area contributed by atoms with Gasteiger partial charge in [0.15, 0.2) is 0 Å². The van der Waals surface area contributed by atoms with Gasteiger partial charge in [0.25, 0.3) is 0 Å². The van der Waals surface area contributed by atoms with Crippen LogP contribution in [0.15, 0.2) is 36.8 Å². The van der Waals surface area contributed by atoms with E-state index in [0.717, 1.165) is 5.69 Å². The van der Waals surface area contributed by atoms with Crippen LogP contribution in [-0.4, -0.2) is 17.9 Å². The summed E-state index contributed by atoms with van der Waals surface area (Å²) in [6.07, 6.45) is 6.68. The van der Waals surface area contributed by atoms with Gasteiger partial charge in [0.1, 0.15) is 5.84 Å². The minimum atomic E-state index is 0.322. The first-order valence-electron chi connectivity index (χ1n) is 3.92. The van der Waals surface area contributed by atoms with E-state index in [1.54, 1.807) is 31.7 Å². The van der Waals surface area contributed by atoms with Gasteiger partial charge in [0.05, 0.1) is 11.9 Å². The van der Waals surface area contributed by atoms with Crippen molar-refractivity contribution in [3.63, 3.8) is 0 Å². The summed E-state index contributed by atoms with van der Waals surface area (Å²) in [5, 5.41) is 13.1. The molecule has 0 aromatic carbocycles. The van der Waals surface area contributed by atoms with Gasteiger partial charge in [0.2, 0.25) is 0 Å². The molecule has 0 aliphatic heterocycles. The molecule has 1 aromatic rings. The molecule has 3 N–H and O–H groups in total. The maximum absolute atomic E-state index is 7.46. The number of nitrogens with zero attached hydrogens (tertiary/aromatic N) is 1. The molecule has 13 heavy (non-hydrogen) atoms. The summed E-state index contributed by atoms with van der Waals surface area (Å²) in [6.45, 7) is 0. The van der Waals surface area contributed by atoms with Crippen LogP contribution in [0.2, 0.25) is 0 Å². The van der Waals surface area contributed by atoms with E-state index in [4.69, 9.17) is 5.41 Å². The van der Waals surface area contributed by atoms with Crippen LogP contribution in [0, 0.1) is 5.41 Å². The Morgan fingerprint density at radius 1 is 1.62 bits per heavy atom. The lowest BCUT2D eigenvalue weighted by molar-refractivity contribution is 1.10. The second-order valence-corrected chi connectivity index (χ2v) is 2.40. The molecule has 1 heterocycles. The topological polar surface area (TPSA) is 60.8 Å². The highest BCUT2D eigenvalue weighted by Crippen LogP contribution is 2.01. The van der Waals surface area contributed by atoms with E-state index in [1.807, 2.05) is 12.1 Å². The molecule has 0 atom stereocenters. The molecule has 4 heteroatoms. The standard InChI is InChI=1S/C9H12N4/c1-11-6-4-9(10)13-8-3-2-5-12-7-8/h2-7,11H,1H3,(H2,10,13)/b6-4-. The molecule has 0 fully saturated rings. The molecule has 0 saturated carbocycles. The zero-order valence-corrected chi connectivity index (χ0v) is 7.41. The number of amidine groups is 1. The average Bonchev–Trinajstić information content (AvgIpc) is 2.16. The van der Waals surface area contributed by atoms with Crippen molar-refractivity contribution in [2.75, 3.05) is 12.4 Å². The molecule has 0 saturated heterocycles. The van der Waals surface area contributed by atoms with Gasteiger partial charge in [0, 0.05) is 13.2 Å². The quantitative estimate of drug-likeness (QED) is 0.479. The van der Waals surface area contributed by atoms with Crippen LogP contribution in [0.1, 0.15) is 0 Å². The van der Waals surface area contributed by atoms with E-state index in [0.29, 0.717) is 5.84 Å². The number of hydrogen-bond acceptors (Lipinski definition) is 3. The van der Waals surface area contributed by atoms with Crippen molar-refractivity contribution in [1.29, 1.82) is 5.41 Å². The average molecular weight is 176 g/mol. The third-order valence-corrected chi connectivity index (χ3v) is 1.36. The molecule has 4 nitrogen and oxygen atoms in total. The largest absolute Gasteiger partial charge is 0.394 e. The number of pyridine rings is 1. The number of hydrogen-bond donors (Lipinski definition) is 3. The molecular formula is C9H12N4. The van der Waals surface area contributed by atoms with E-state index < -0.39 is 0 Å². The fraction of sp³-hybridized carbons (Fsp3) is 0.111. The fourth-order valence-corrected chi connectivity index (χ4v) is 0.801. The van der Waals surface area contributed by atoms with Gasteiger partial charge in [-0.3, -0.25) is 10.4 Å². The molecule has 0 radical (unpaired) electrons. The zero-order valence-electron chi connectivity index (χ0n) is 7.41. The van der Waals surface area contributed by atoms with Crippen molar-refractivity contribution in [3.05, 3.63) is 36.8 Å². The fourth-order valence-electron chi connectivity index (χ4n) is 0.801. The minimum Gasteiger partial charge on any atom is -0.394 e. The Labute approximate surface area is 77.2 Å². The van der Waals surface area contributed by atoms with Crippen molar-refractivity contribution >= 4 is 11.5 Å². The van der Waals surface area contributed by atoms with E-state index in [2.05, 4.69) is 15.6 Å². The Morgan fingerprint density at radius 2 is 2.46 bits per heavy atom. The van der Waals surface area contributed by atoms with Gasteiger partial charge in [-0.25, -0.2) is 0 Å². The predicted molar refractivity (Wildman–Crippen MR) is 53.8 cm³/mol. The van der Waals surface area contributed by atoms with E-state index in [-0.39, 0.29) is 0 Å². The Kier molecular flexibility index (Phi) is 3.50. The SMILES string of the molecule is CN/C=C\C(=N)Nc1cccnc1. The lowest BCUT2D eigenvalue weighted by Gasteiger charge is -2.02. The Morgan fingerprint density at radius 3 is 3.08 bits per heavy atom. The second-order valence-electron chi connectivity index (χ2n) is 2.40. The molecule has 0 bridgehead atoms. The lowest BCUT2D eigenvalue weighted by Crippen LogP contribution is -2.08. The van der Waals surface area contributed by atoms with Gasteiger partial charge in [-0.2, -0.15) is 0 Å². The van der Waals surface area contributed by atoms with Gasteiger partial charge in [-0.05, 0) is 24.4 Å². The van der Waals surface area contributed by atoms with E-state index in [1.165, 1.54) is 0 Å². The summed E-state index contributed by atoms with van der Waals surface area (Å²) in [5.41, 5.74) is 0.813. The Balaban J connectivity index is 2.50. The number of anilines is 1. The smallest absolute Gasteiger partial charge is 0.123 e. The normalized spacial score (nSPS) is 9.92. The van der Waals surface area contributed by atoms with Crippen molar-refractivity contribution in [3.8, 4) is 0 Å². The molecule has 0 spiro atoms. The molecule has 0 amide bonds. The van der Waals surface area contributed by atoms with Crippen molar-refractivity contribution in [1.82, 2.24) is 10.3 Å². The second kappa shape index (κ2) is 4.92. The minimum absolute atomic E-state index is 0.322. The maximum atomic E-state index is 7.46. The summed E-state index contributed by atoms with van der Waals surface area (Å²) >= 11 is 0. The summed E-state index contributed by atoms with van der Waals surface area (Å²) in [4.78, 5) is 3.92. The molecule has 1 rings (SSSR count). The Hall–Kier alpha value is -1.84. The first-order chi connectivity index (χ1) is 6.33. The van der Waals surface area contributed by atoms with Gasteiger partial charge < -0.3 is 10.6 Å². The van der Waals surface area contributed by atoms with Crippen LogP contribution in [0.25, 0.3) is 0 Å². The van der Waals surface area contributed by atoms with Crippen LogP contribution >= 0.6 is 0 Å². The molecule has 0 aliphatic carbocycles. The maximum Gasteiger partial charge on any atom is 0.123 e. The highest BCUT2D eigenvalue weighted by atomic mass is 14.9. The molecule has 1 aromatic heterocycles. The first kappa shape index (κ1) is 9.25. The summed E-state index contributed by atoms with van der Waals surface area (Å²) in [6, 6.07) is 3.67. The van der Waals surface area contributed by atoms with Gasteiger partial charge >= 0.3 is 0 Å². The number of rotatable bonds is 3. The number of aromatic nitrogens is 1. The summed E-state index contributed by atoms with van der Waals surface area (Å²) in [7, 11) is 1.79. The lowest BCUT2D eigenvalue weighted by atomic mass is 10.4. The zero-order chi connectivity index (χ0) is 9.52. The van der Waals surface area contributed by atoms with Crippen molar-refractivity contribution < 1.29 is 0 Å². The van der Waals surface area contributed by atoms with Gasteiger partial charge in [-0.15, -0.1) is 0 Å². The van der Waals surface area contributed by atoms with Crippen molar-refractivity contribution in [2.24, 2.45) is 0 Å². The van der Waals surface area contributed by atoms with Gasteiger partial charge in [-0.1, -0.05) is 0 Å². The molecular weight excluding hydrogens is 164 g/mol. The van der Waals surface area contributed by atoms with E-state index >= 15 is 0 Å². The number of nitrogens with one attached hydrogen (secondary N) is 3. The van der Waals surface area contributed by atoms with Crippen LogP contribution in [0.3, 0.4) is 0 Å². The summed E-state index contributed by atoms with van der Waals surface area (Å²) in [5.74, 6) is 0.322. The first-order valence-corrected chi connectivity index (χ1v) is 3.92. The monoisotopic (exact) mass is 176 g/mol. The predicted octanol–water partition coefficient (Wildman–Crippen LogP) is 1.20. The highest BCUT2D eigenvalue weighted by Gasteiger charge is 1.91. The molecule has 68 valence electrons. The van der Waals surface area contributed by atoms with Crippen LogP contribution in [0.5, 0.6) is 0 Å². The van der Waals surface area contributed by atoms with E-state index in [9.17, 15) is 0 Å². The Bertz CT molecular complexity index is 292. The highest BCUT2D eigenvalue weighted by molar-refractivity contribution is 6.01. The van der Waals surface area contributed by atoms with Crippen molar-refractivity contribution in [2.45, 2.75) is 0 Å². The molecule has 0 aliphatic rings. The third kappa shape index (κ3) is 3.37. The van der Waals surface area contributed by atoms with Crippen LogP contribution < -0.4 is 10.6 Å².